The summed E-state index contributed by atoms with van der Waals surface area (Å²) in [6.07, 6.45) is 0. The highest BCUT2D eigenvalue weighted by Crippen LogP contribution is 2.41. The summed E-state index contributed by atoms with van der Waals surface area (Å²) in [6.45, 7) is 3.75. The smallest absolute Gasteiger partial charge is 0.206 e. The summed E-state index contributed by atoms with van der Waals surface area (Å²) < 4.78 is 0.961. The van der Waals surface area contributed by atoms with E-state index in [4.69, 9.17) is 16.1 Å². The molecule has 4 rings (SSSR count). The van der Waals surface area contributed by atoms with Crippen molar-refractivity contribution in [2.24, 2.45) is 10.8 Å². The van der Waals surface area contributed by atoms with Crippen LogP contribution in [0.4, 0.5) is 10.8 Å². The van der Waals surface area contributed by atoms with Crippen LogP contribution in [0.2, 0.25) is 0 Å². The van der Waals surface area contributed by atoms with Crippen LogP contribution in [0.3, 0.4) is 0 Å². The lowest BCUT2D eigenvalue weighted by atomic mass is 10.0. The van der Waals surface area contributed by atoms with E-state index >= 15 is 0 Å². The number of thiazole rings is 1. The van der Waals surface area contributed by atoms with Crippen LogP contribution in [0.15, 0.2) is 53.6 Å². The molecule has 4 aromatic rings. The van der Waals surface area contributed by atoms with Crippen molar-refractivity contribution < 1.29 is 5.11 Å². The fourth-order valence-corrected chi connectivity index (χ4v) is 4.17. The van der Waals surface area contributed by atoms with Crippen molar-refractivity contribution in [3.8, 4) is 5.75 Å². The minimum Gasteiger partial charge on any atom is -0.507 e. The molecule has 6 N–H and O–H groups in total. The molecule has 0 radical (unpaired) electrons. The number of hydrazone groups is 1. The highest BCUT2D eigenvalue weighted by atomic mass is 35.5. The standard InChI is InChI=1S/C21H20N6OS.2ClH/c1-11-18(28)16-9-4-3-8-15(16)17-19(11)29-21(25-17)24-14-7-5-6-13(10-14)12(2)26-27-20(22)23;;/h3-10,28H,1-2H3,(H,24,25)(H4,22,23,27);2*1H/b26-12+;;. The number of guanidine groups is 1. The number of nitrogens with zero attached hydrogens (tertiary/aromatic N) is 2. The van der Waals surface area contributed by atoms with E-state index in [1.807, 2.05) is 62.4 Å². The highest BCUT2D eigenvalue weighted by Gasteiger charge is 2.15. The van der Waals surface area contributed by atoms with E-state index in [-0.39, 0.29) is 30.8 Å². The van der Waals surface area contributed by atoms with Gasteiger partial charge in [-0.15, -0.1) is 24.8 Å². The van der Waals surface area contributed by atoms with Gasteiger partial charge in [0.05, 0.1) is 15.9 Å². The fourth-order valence-electron chi connectivity index (χ4n) is 3.17. The van der Waals surface area contributed by atoms with E-state index < -0.39 is 0 Å². The first kappa shape index (κ1) is 24.2. The lowest BCUT2D eigenvalue weighted by Crippen LogP contribution is -2.26. The molecule has 3 aromatic carbocycles. The molecule has 162 valence electrons. The molecule has 1 aromatic heterocycles. The van der Waals surface area contributed by atoms with E-state index in [0.29, 0.717) is 11.5 Å². The second kappa shape index (κ2) is 9.82. The minimum absolute atomic E-state index is 0. The van der Waals surface area contributed by atoms with Crippen molar-refractivity contribution in [3.63, 3.8) is 0 Å². The SMILES string of the molecule is C/C(=N\NC(=N)N)c1cccc(Nc2nc3c(s2)c(C)c(O)c2ccccc23)c1.Cl.Cl. The lowest BCUT2D eigenvalue weighted by Gasteiger charge is -2.06. The third-order valence-corrected chi connectivity index (χ3v) is 5.73. The molecule has 0 aliphatic carbocycles. The van der Waals surface area contributed by atoms with Gasteiger partial charge in [-0.1, -0.05) is 47.7 Å². The third kappa shape index (κ3) is 4.82. The van der Waals surface area contributed by atoms with Crippen molar-refractivity contribution in [1.29, 1.82) is 5.41 Å². The topological polar surface area (TPSA) is 119 Å². The lowest BCUT2D eigenvalue weighted by molar-refractivity contribution is 0.478. The Kier molecular flexibility index (Phi) is 7.67. The molecule has 0 spiro atoms. The first-order valence-corrected chi connectivity index (χ1v) is 9.78. The number of anilines is 2. The average Bonchev–Trinajstić information content (AvgIpc) is 3.14. The average molecular weight is 477 g/mol. The number of hydrogen-bond acceptors (Lipinski definition) is 6. The molecule has 0 saturated carbocycles. The van der Waals surface area contributed by atoms with Crippen LogP contribution in [0.5, 0.6) is 5.75 Å². The van der Waals surface area contributed by atoms with Gasteiger partial charge in [-0.2, -0.15) is 5.10 Å². The number of hydrogen-bond donors (Lipinski definition) is 5. The van der Waals surface area contributed by atoms with Gasteiger partial charge >= 0.3 is 0 Å². The van der Waals surface area contributed by atoms with Crippen molar-refractivity contribution in [2.45, 2.75) is 13.8 Å². The number of fused-ring (bicyclic) bond motifs is 3. The number of benzene rings is 3. The van der Waals surface area contributed by atoms with Crippen LogP contribution < -0.4 is 16.5 Å². The van der Waals surface area contributed by atoms with E-state index in [2.05, 4.69) is 15.8 Å². The largest absolute Gasteiger partial charge is 0.507 e. The Morgan fingerprint density at radius 1 is 1.13 bits per heavy atom. The minimum atomic E-state index is -0.209. The zero-order valence-corrected chi connectivity index (χ0v) is 19.2. The summed E-state index contributed by atoms with van der Waals surface area (Å²) in [6, 6.07) is 15.5. The van der Waals surface area contributed by atoms with Crippen molar-refractivity contribution in [2.75, 3.05) is 5.32 Å². The monoisotopic (exact) mass is 476 g/mol. The maximum absolute atomic E-state index is 10.6. The molecule has 0 aliphatic heterocycles. The van der Waals surface area contributed by atoms with Crippen LogP contribution >= 0.6 is 36.2 Å². The predicted octanol–water partition coefficient (Wildman–Crippen LogP) is 5.26. The molecule has 0 unspecified atom stereocenters. The molecule has 0 amide bonds. The van der Waals surface area contributed by atoms with Gasteiger partial charge in [-0.25, -0.2) is 10.4 Å². The zero-order chi connectivity index (χ0) is 20.5. The number of nitrogens with one attached hydrogen (secondary N) is 3. The summed E-state index contributed by atoms with van der Waals surface area (Å²) in [7, 11) is 0. The third-order valence-electron chi connectivity index (χ3n) is 4.64. The molecule has 10 heteroatoms. The first-order chi connectivity index (χ1) is 13.9. The second-order valence-electron chi connectivity index (χ2n) is 6.64. The van der Waals surface area contributed by atoms with Gasteiger partial charge in [0.2, 0.25) is 5.96 Å². The maximum atomic E-state index is 10.6. The van der Waals surface area contributed by atoms with Crippen molar-refractivity contribution in [3.05, 3.63) is 59.7 Å². The molecule has 0 atom stereocenters. The molecule has 0 saturated heterocycles. The van der Waals surface area contributed by atoms with Crippen LogP contribution in [0, 0.1) is 12.3 Å². The normalized spacial score (nSPS) is 11.0. The van der Waals surface area contributed by atoms with Gasteiger partial charge in [0.1, 0.15) is 5.75 Å². The predicted molar refractivity (Wildman–Crippen MR) is 135 cm³/mol. The van der Waals surface area contributed by atoms with Crippen molar-refractivity contribution in [1.82, 2.24) is 10.4 Å². The number of nitrogens with two attached hydrogens (primary N) is 1. The fraction of sp³-hybridized carbons (Fsp3) is 0.0952. The summed E-state index contributed by atoms with van der Waals surface area (Å²) in [5.74, 6) is 0.0917. The Balaban J connectivity index is 0.00000171. The van der Waals surface area contributed by atoms with Crippen LogP contribution in [0.1, 0.15) is 18.1 Å². The van der Waals surface area contributed by atoms with Crippen LogP contribution in [-0.2, 0) is 0 Å². The molecular weight excluding hydrogens is 455 g/mol. The first-order valence-electron chi connectivity index (χ1n) is 8.96. The van der Waals surface area contributed by atoms with E-state index in [1.54, 1.807) is 0 Å². The molecule has 31 heavy (non-hydrogen) atoms. The molecule has 1 heterocycles. The zero-order valence-electron chi connectivity index (χ0n) is 16.8. The number of phenols is 1. The maximum Gasteiger partial charge on any atom is 0.206 e. The highest BCUT2D eigenvalue weighted by molar-refractivity contribution is 7.22. The van der Waals surface area contributed by atoms with Crippen molar-refractivity contribution >= 4 is 79.6 Å². The molecule has 0 fully saturated rings. The molecule has 7 nitrogen and oxygen atoms in total. The summed E-state index contributed by atoms with van der Waals surface area (Å²) in [5, 5.41) is 27.7. The van der Waals surface area contributed by atoms with Crippen LogP contribution in [-0.4, -0.2) is 21.8 Å². The Morgan fingerprint density at radius 2 is 1.84 bits per heavy atom. The number of aromatic nitrogens is 1. The Labute approximate surface area is 195 Å². The Bertz CT molecular complexity index is 1290. The summed E-state index contributed by atoms with van der Waals surface area (Å²) >= 11 is 1.51. The van der Waals surface area contributed by atoms with Gasteiger partial charge in [0.25, 0.3) is 0 Å². The molecule has 0 bridgehead atoms. The second-order valence-corrected chi connectivity index (χ2v) is 7.64. The number of aryl methyl sites for hydroxylation is 1. The van der Waals surface area contributed by atoms with Gasteiger partial charge in [0.15, 0.2) is 5.13 Å². The van der Waals surface area contributed by atoms with Gasteiger partial charge < -0.3 is 16.2 Å². The summed E-state index contributed by atoms with van der Waals surface area (Å²) in [4.78, 5) is 4.78. The van der Waals surface area contributed by atoms with Gasteiger partial charge in [-0.05, 0) is 31.5 Å². The Morgan fingerprint density at radius 3 is 2.55 bits per heavy atom. The van der Waals surface area contributed by atoms with E-state index in [9.17, 15) is 5.11 Å². The van der Waals surface area contributed by atoms with Gasteiger partial charge in [0, 0.05) is 22.0 Å². The van der Waals surface area contributed by atoms with E-state index in [0.717, 1.165) is 42.9 Å². The van der Waals surface area contributed by atoms with Gasteiger partial charge in [-0.3, -0.25) is 5.41 Å². The molecular formula is C21H22Cl2N6OS. The molecule has 0 aliphatic rings. The Hall–Kier alpha value is -3.07. The number of aromatic hydroxyl groups is 1. The van der Waals surface area contributed by atoms with E-state index in [1.165, 1.54) is 11.3 Å². The number of halogens is 2. The summed E-state index contributed by atoms with van der Waals surface area (Å²) in [5.41, 5.74) is 11.9. The number of rotatable bonds is 4. The number of phenolic OH excluding ortho intramolecular Hbond substituents is 1. The van der Waals surface area contributed by atoms with Crippen LogP contribution in [0.25, 0.3) is 21.0 Å². The quantitative estimate of drug-likeness (QED) is 0.156.